The quantitative estimate of drug-likeness (QED) is 0.229. The SMILES string of the molecule is C=CCOC(=O)C1=C(C)Nc2nc(SCCCC)nn2C1c1ccc(OC)c(Br)c1. The van der Waals surface area contributed by atoms with E-state index in [1.807, 2.05) is 25.1 Å². The molecule has 1 aromatic carbocycles. The number of thioether (sulfide) groups is 1. The minimum atomic E-state index is -0.478. The van der Waals surface area contributed by atoms with Crippen LogP contribution in [0.5, 0.6) is 5.75 Å². The molecule has 1 aliphatic rings. The van der Waals surface area contributed by atoms with Crippen LogP contribution in [0.3, 0.4) is 0 Å². The number of rotatable bonds is 9. The number of benzene rings is 1. The molecular weight excluding hydrogens is 468 g/mol. The van der Waals surface area contributed by atoms with Gasteiger partial charge < -0.3 is 14.8 Å². The van der Waals surface area contributed by atoms with Gasteiger partial charge in [-0.3, -0.25) is 0 Å². The second-order valence-electron chi connectivity index (χ2n) is 6.71. The van der Waals surface area contributed by atoms with Gasteiger partial charge in [0.1, 0.15) is 18.4 Å². The summed E-state index contributed by atoms with van der Waals surface area (Å²) in [6.07, 6.45) is 3.75. The third-order valence-electron chi connectivity index (χ3n) is 4.61. The maximum Gasteiger partial charge on any atom is 0.338 e. The Hall–Kier alpha value is -2.26. The third kappa shape index (κ3) is 4.73. The summed E-state index contributed by atoms with van der Waals surface area (Å²) in [4.78, 5) is 17.5. The number of nitrogens with zero attached hydrogens (tertiary/aromatic N) is 3. The van der Waals surface area contributed by atoms with Crippen LogP contribution in [0.2, 0.25) is 0 Å². The molecule has 2 heterocycles. The average Bonchev–Trinajstić information content (AvgIpc) is 3.13. The summed E-state index contributed by atoms with van der Waals surface area (Å²) >= 11 is 5.15. The van der Waals surface area contributed by atoms with Crippen molar-refractivity contribution in [2.24, 2.45) is 0 Å². The van der Waals surface area contributed by atoms with E-state index >= 15 is 0 Å². The number of hydrogen-bond donors (Lipinski definition) is 1. The van der Waals surface area contributed by atoms with Gasteiger partial charge in [0, 0.05) is 11.4 Å². The first-order valence-corrected chi connectivity index (χ1v) is 11.5. The van der Waals surface area contributed by atoms with Crippen LogP contribution < -0.4 is 10.1 Å². The second-order valence-corrected chi connectivity index (χ2v) is 8.63. The van der Waals surface area contributed by atoms with Gasteiger partial charge in [-0.2, -0.15) is 4.98 Å². The summed E-state index contributed by atoms with van der Waals surface area (Å²) in [6.45, 7) is 7.75. The number of aromatic nitrogens is 3. The summed E-state index contributed by atoms with van der Waals surface area (Å²) in [7, 11) is 1.61. The lowest BCUT2D eigenvalue weighted by molar-refractivity contribution is -0.138. The molecule has 9 heteroatoms. The molecule has 1 atom stereocenters. The monoisotopic (exact) mass is 492 g/mol. The molecule has 30 heavy (non-hydrogen) atoms. The minimum Gasteiger partial charge on any atom is -0.496 e. The topological polar surface area (TPSA) is 78.3 Å². The molecule has 0 bridgehead atoms. The van der Waals surface area contributed by atoms with Gasteiger partial charge in [0.15, 0.2) is 0 Å². The fourth-order valence-corrected chi connectivity index (χ4v) is 4.61. The van der Waals surface area contributed by atoms with Gasteiger partial charge in [-0.05, 0) is 47.0 Å². The van der Waals surface area contributed by atoms with Gasteiger partial charge in [-0.1, -0.05) is 43.8 Å². The summed E-state index contributed by atoms with van der Waals surface area (Å²) in [5, 5.41) is 8.58. The summed E-state index contributed by atoms with van der Waals surface area (Å²) in [5.74, 6) is 1.83. The molecule has 160 valence electrons. The molecule has 0 aliphatic carbocycles. The highest BCUT2D eigenvalue weighted by molar-refractivity contribution is 9.10. The number of fused-ring (bicyclic) bond motifs is 1. The molecule has 7 nitrogen and oxygen atoms in total. The predicted octanol–water partition coefficient (Wildman–Crippen LogP) is 4.96. The van der Waals surface area contributed by atoms with E-state index in [1.54, 1.807) is 29.6 Å². The molecule has 1 aromatic heterocycles. The van der Waals surface area contributed by atoms with Crippen LogP contribution in [0, 0.1) is 0 Å². The van der Waals surface area contributed by atoms with Gasteiger partial charge in [0.2, 0.25) is 11.1 Å². The van der Waals surface area contributed by atoms with Gasteiger partial charge in [0.05, 0.1) is 17.2 Å². The number of anilines is 1. The molecule has 0 spiro atoms. The molecule has 1 aliphatic heterocycles. The number of carbonyl (C=O) groups is 1. The summed E-state index contributed by atoms with van der Waals surface area (Å²) in [6, 6.07) is 5.23. The average molecular weight is 493 g/mol. The highest BCUT2D eigenvalue weighted by Gasteiger charge is 2.35. The molecular formula is C21H25BrN4O3S. The van der Waals surface area contributed by atoms with Crippen molar-refractivity contribution >= 4 is 39.6 Å². The first kappa shape index (κ1) is 22.4. The fourth-order valence-electron chi connectivity index (χ4n) is 3.14. The summed E-state index contributed by atoms with van der Waals surface area (Å²) in [5.41, 5.74) is 2.03. The molecule has 0 fully saturated rings. The number of nitrogens with one attached hydrogen (secondary N) is 1. The Morgan fingerprint density at radius 2 is 2.27 bits per heavy atom. The van der Waals surface area contributed by atoms with E-state index in [9.17, 15) is 4.79 Å². The van der Waals surface area contributed by atoms with E-state index in [-0.39, 0.29) is 6.61 Å². The van der Waals surface area contributed by atoms with Gasteiger partial charge >= 0.3 is 5.97 Å². The van der Waals surface area contributed by atoms with Crippen molar-refractivity contribution in [3.05, 3.63) is 52.2 Å². The van der Waals surface area contributed by atoms with E-state index in [2.05, 4.69) is 39.7 Å². The van der Waals surface area contributed by atoms with Crippen LogP contribution >= 0.6 is 27.7 Å². The maximum atomic E-state index is 12.9. The number of halogens is 1. The molecule has 1 N–H and O–H groups in total. The Kier molecular flexibility index (Phi) is 7.60. The number of allylic oxidation sites excluding steroid dienone is 1. The van der Waals surface area contributed by atoms with Gasteiger partial charge in [-0.25, -0.2) is 9.48 Å². The molecule has 2 aromatic rings. The zero-order chi connectivity index (χ0) is 21.7. The molecule has 0 saturated heterocycles. The maximum absolute atomic E-state index is 12.9. The smallest absolute Gasteiger partial charge is 0.338 e. The molecule has 1 unspecified atom stereocenters. The van der Waals surface area contributed by atoms with E-state index in [4.69, 9.17) is 14.6 Å². The number of unbranched alkanes of at least 4 members (excludes halogenated alkanes) is 1. The lowest BCUT2D eigenvalue weighted by atomic mass is 9.96. The van der Waals surface area contributed by atoms with Crippen LogP contribution in [0.4, 0.5) is 5.95 Å². The Morgan fingerprint density at radius 3 is 2.93 bits per heavy atom. The van der Waals surface area contributed by atoms with Crippen LogP contribution in [0.15, 0.2) is 51.8 Å². The fraction of sp³-hybridized carbons (Fsp3) is 0.381. The normalized spacial score (nSPS) is 15.4. The van der Waals surface area contributed by atoms with Crippen molar-refractivity contribution in [2.75, 3.05) is 24.8 Å². The van der Waals surface area contributed by atoms with Crippen LogP contribution in [0.25, 0.3) is 0 Å². The van der Waals surface area contributed by atoms with Crippen molar-refractivity contribution < 1.29 is 14.3 Å². The lowest BCUT2D eigenvalue weighted by Crippen LogP contribution is -2.29. The van der Waals surface area contributed by atoms with Crippen molar-refractivity contribution in [3.63, 3.8) is 0 Å². The van der Waals surface area contributed by atoms with Crippen LogP contribution in [-0.4, -0.2) is 40.2 Å². The zero-order valence-corrected chi connectivity index (χ0v) is 19.7. The van der Waals surface area contributed by atoms with Crippen molar-refractivity contribution in [1.82, 2.24) is 14.8 Å². The number of ether oxygens (including phenoxy) is 2. The highest BCUT2D eigenvalue weighted by Crippen LogP contribution is 2.39. The van der Waals surface area contributed by atoms with Gasteiger partial charge in [0.25, 0.3) is 0 Å². The van der Waals surface area contributed by atoms with E-state index in [0.717, 1.165) is 28.6 Å². The Morgan fingerprint density at radius 1 is 1.47 bits per heavy atom. The minimum absolute atomic E-state index is 0.136. The summed E-state index contributed by atoms with van der Waals surface area (Å²) < 4.78 is 13.3. The van der Waals surface area contributed by atoms with E-state index < -0.39 is 12.0 Å². The molecule has 0 saturated carbocycles. The van der Waals surface area contributed by atoms with Crippen LogP contribution in [0.1, 0.15) is 38.3 Å². The molecule has 3 rings (SSSR count). The number of esters is 1. The first-order chi connectivity index (χ1) is 14.5. The number of carbonyl (C=O) groups excluding carboxylic acids is 1. The van der Waals surface area contributed by atoms with Gasteiger partial charge in [-0.15, -0.1) is 5.10 Å². The second kappa shape index (κ2) is 10.2. The molecule has 0 amide bonds. The Bertz CT molecular complexity index is 973. The Balaban J connectivity index is 2.06. The van der Waals surface area contributed by atoms with Crippen LogP contribution in [-0.2, 0) is 9.53 Å². The Labute approximate surface area is 189 Å². The molecule has 0 radical (unpaired) electrons. The third-order valence-corrected chi connectivity index (χ3v) is 6.15. The lowest BCUT2D eigenvalue weighted by Gasteiger charge is -2.28. The van der Waals surface area contributed by atoms with Crippen molar-refractivity contribution in [1.29, 1.82) is 0 Å². The van der Waals surface area contributed by atoms with E-state index in [0.29, 0.717) is 28.1 Å². The standard InChI is InChI=1S/C21H25BrN4O3S/c1-5-7-11-30-21-24-20-23-13(3)17(19(27)29-10-6-2)18(26(20)25-21)14-8-9-16(28-4)15(22)12-14/h6,8-9,12,18H,2,5,7,10-11H2,1,3-4H3,(H,23,24,25). The van der Waals surface area contributed by atoms with Crippen molar-refractivity contribution in [2.45, 2.75) is 37.9 Å². The number of methoxy groups -OCH3 is 1. The van der Waals surface area contributed by atoms with Crippen molar-refractivity contribution in [3.8, 4) is 5.75 Å². The number of hydrogen-bond acceptors (Lipinski definition) is 7. The zero-order valence-electron chi connectivity index (χ0n) is 17.3. The first-order valence-electron chi connectivity index (χ1n) is 9.68. The van der Waals surface area contributed by atoms with E-state index in [1.165, 1.54) is 0 Å². The highest BCUT2D eigenvalue weighted by atomic mass is 79.9. The predicted molar refractivity (Wildman–Crippen MR) is 122 cm³/mol. The largest absolute Gasteiger partial charge is 0.496 e.